The molecule has 0 amide bonds. The molecule has 0 aromatic carbocycles. The molecule has 0 aliphatic rings. The van der Waals surface area contributed by atoms with Crippen LogP contribution in [0.3, 0.4) is 0 Å². The average Bonchev–Trinajstić information content (AvgIpc) is 3.03. The molecule has 0 fully saturated rings. The second-order valence-electron chi connectivity index (χ2n) is 7.34. The van der Waals surface area contributed by atoms with Crippen LogP contribution >= 0.6 is 0 Å². The number of carbonyl (C=O) groups is 2. The number of esters is 1. The van der Waals surface area contributed by atoms with Crippen molar-refractivity contribution in [2.24, 2.45) is 0 Å². The molecule has 1 aromatic heterocycles. The van der Waals surface area contributed by atoms with Crippen molar-refractivity contribution in [2.45, 2.75) is 72.2 Å². The smallest absolute Gasteiger partial charge is 0.333 e. The van der Waals surface area contributed by atoms with Crippen LogP contribution in [0.25, 0.3) is 5.70 Å². The standard InChI is InChI=1S/C21H33NO5/c1-8-15-13-22(14-17(15)18(23)9-2)16(10-11-20(25-6)26-7)12-19(24)27-21(3,4)5/h12-14,20H,8-11H2,1-7H3/b16-12-. The fraction of sp³-hybridized carbons (Fsp3) is 0.619. The number of ether oxygens (including phenoxy) is 3. The van der Waals surface area contributed by atoms with Crippen molar-refractivity contribution < 1.29 is 23.8 Å². The number of allylic oxidation sites excluding steroid dienone is 1. The second-order valence-corrected chi connectivity index (χ2v) is 7.34. The van der Waals surface area contributed by atoms with Gasteiger partial charge in [-0.2, -0.15) is 0 Å². The Hall–Kier alpha value is -1.92. The van der Waals surface area contributed by atoms with E-state index in [1.807, 2.05) is 45.4 Å². The summed E-state index contributed by atoms with van der Waals surface area (Å²) in [5, 5.41) is 0. The van der Waals surface area contributed by atoms with Gasteiger partial charge in [-0.05, 0) is 39.2 Å². The summed E-state index contributed by atoms with van der Waals surface area (Å²) in [4.78, 5) is 24.6. The van der Waals surface area contributed by atoms with Crippen LogP contribution in [0.2, 0.25) is 0 Å². The van der Waals surface area contributed by atoms with Crippen molar-refractivity contribution in [1.82, 2.24) is 4.57 Å². The lowest BCUT2D eigenvalue weighted by Crippen LogP contribution is -2.23. The molecule has 1 heterocycles. The van der Waals surface area contributed by atoms with Crippen LogP contribution in [0, 0.1) is 0 Å². The molecule has 0 unspecified atom stereocenters. The van der Waals surface area contributed by atoms with Crippen molar-refractivity contribution in [3.8, 4) is 0 Å². The largest absolute Gasteiger partial charge is 0.457 e. The number of hydrogen-bond acceptors (Lipinski definition) is 5. The molecular formula is C21H33NO5. The van der Waals surface area contributed by atoms with E-state index in [2.05, 4.69) is 0 Å². The minimum absolute atomic E-state index is 0.0916. The number of rotatable bonds is 10. The normalized spacial score (nSPS) is 12.5. The quantitative estimate of drug-likeness (QED) is 0.263. The van der Waals surface area contributed by atoms with Gasteiger partial charge in [-0.25, -0.2) is 4.79 Å². The molecule has 0 saturated heterocycles. The van der Waals surface area contributed by atoms with E-state index < -0.39 is 11.6 Å². The molecule has 1 aromatic rings. The zero-order valence-electron chi connectivity index (χ0n) is 17.6. The third kappa shape index (κ3) is 7.31. The Labute approximate surface area is 162 Å². The van der Waals surface area contributed by atoms with Gasteiger partial charge in [0.05, 0.1) is 0 Å². The number of aromatic nitrogens is 1. The number of ketones is 1. The van der Waals surface area contributed by atoms with Crippen molar-refractivity contribution in [1.29, 1.82) is 0 Å². The van der Waals surface area contributed by atoms with Gasteiger partial charge in [0.2, 0.25) is 0 Å². The van der Waals surface area contributed by atoms with E-state index >= 15 is 0 Å². The Morgan fingerprint density at radius 1 is 1.15 bits per heavy atom. The molecule has 0 radical (unpaired) electrons. The highest BCUT2D eigenvalue weighted by atomic mass is 16.7. The van der Waals surface area contributed by atoms with E-state index in [4.69, 9.17) is 14.2 Å². The summed E-state index contributed by atoms with van der Waals surface area (Å²) in [6.45, 7) is 9.33. The molecule has 152 valence electrons. The molecule has 0 atom stereocenters. The molecule has 0 spiro atoms. The van der Waals surface area contributed by atoms with E-state index in [9.17, 15) is 9.59 Å². The van der Waals surface area contributed by atoms with Gasteiger partial charge in [-0.15, -0.1) is 0 Å². The first kappa shape index (κ1) is 23.1. The van der Waals surface area contributed by atoms with Gasteiger partial charge in [-0.3, -0.25) is 4.79 Å². The summed E-state index contributed by atoms with van der Waals surface area (Å²) in [5.74, 6) is -0.326. The van der Waals surface area contributed by atoms with Gasteiger partial charge in [-0.1, -0.05) is 13.8 Å². The Bertz CT molecular complexity index is 663. The summed E-state index contributed by atoms with van der Waals surface area (Å²) in [5.41, 5.74) is 1.82. The van der Waals surface area contributed by atoms with E-state index in [0.717, 1.165) is 17.7 Å². The van der Waals surface area contributed by atoms with E-state index in [1.54, 1.807) is 20.4 Å². The molecule has 0 aliphatic heterocycles. The van der Waals surface area contributed by atoms with Gasteiger partial charge in [0.15, 0.2) is 12.1 Å². The number of hydrogen-bond donors (Lipinski definition) is 0. The van der Waals surface area contributed by atoms with Gasteiger partial charge in [0, 0.05) is 56.8 Å². The number of aryl methyl sites for hydroxylation is 1. The van der Waals surface area contributed by atoms with Crippen molar-refractivity contribution in [3.63, 3.8) is 0 Å². The number of carbonyl (C=O) groups excluding carboxylic acids is 2. The molecule has 0 N–H and O–H groups in total. The van der Waals surface area contributed by atoms with Gasteiger partial charge in [0.25, 0.3) is 0 Å². The lowest BCUT2D eigenvalue weighted by atomic mass is 10.1. The molecule has 0 aliphatic carbocycles. The second kappa shape index (κ2) is 10.4. The van der Waals surface area contributed by atoms with Crippen LogP contribution in [0.15, 0.2) is 18.5 Å². The number of nitrogens with zero attached hydrogens (tertiary/aromatic N) is 1. The van der Waals surface area contributed by atoms with Crippen LogP contribution in [-0.4, -0.2) is 42.4 Å². The summed E-state index contributed by atoms with van der Waals surface area (Å²) in [7, 11) is 3.16. The highest BCUT2D eigenvalue weighted by molar-refractivity contribution is 5.97. The summed E-state index contributed by atoms with van der Waals surface area (Å²) in [6, 6.07) is 0. The first-order valence-electron chi connectivity index (χ1n) is 9.38. The maximum Gasteiger partial charge on any atom is 0.333 e. The summed E-state index contributed by atoms with van der Waals surface area (Å²) in [6.07, 6.45) is 7.10. The summed E-state index contributed by atoms with van der Waals surface area (Å²) >= 11 is 0. The topological polar surface area (TPSA) is 66.8 Å². The fourth-order valence-electron chi connectivity index (χ4n) is 2.73. The fourth-order valence-corrected chi connectivity index (χ4v) is 2.73. The van der Waals surface area contributed by atoms with Crippen LogP contribution < -0.4 is 0 Å². The zero-order valence-corrected chi connectivity index (χ0v) is 17.6. The highest BCUT2D eigenvalue weighted by Crippen LogP contribution is 2.22. The lowest BCUT2D eigenvalue weighted by Gasteiger charge is -2.19. The Kier molecular flexibility index (Phi) is 8.93. The highest BCUT2D eigenvalue weighted by Gasteiger charge is 2.18. The number of methoxy groups -OCH3 is 2. The monoisotopic (exact) mass is 379 g/mol. The van der Waals surface area contributed by atoms with Crippen LogP contribution in [-0.2, 0) is 25.4 Å². The van der Waals surface area contributed by atoms with Crippen LogP contribution in [0.5, 0.6) is 0 Å². The molecule has 27 heavy (non-hydrogen) atoms. The van der Waals surface area contributed by atoms with Gasteiger partial charge >= 0.3 is 5.97 Å². The van der Waals surface area contributed by atoms with Crippen molar-refractivity contribution >= 4 is 17.4 Å². The molecule has 1 rings (SSSR count). The SMILES string of the molecule is CCC(=O)c1cn(/C(=C\C(=O)OC(C)(C)C)CCC(OC)OC)cc1CC. The van der Waals surface area contributed by atoms with E-state index in [0.29, 0.717) is 24.8 Å². The van der Waals surface area contributed by atoms with Crippen molar-refractivity contribution in [3.05, 3.63) is 29.6 Å². The predicted molar refractivity (Wildman–Crippen MR) is 106 cm³/mol. The van der Waals surface area contributed by atoms with Crippen LogP contribution in [0.4, 0.5) is 0 Å². The Balaban J connectivity index is 3.22. The Morgan fingerprint density at radius 3 is 2.26 bits per heavy atom. The maximum atomic E-state index is 12.3. The first-order chi connectivity index (χ1) is 12.6. The summed E-state index contributed by atoms with van der Waals surface area (Å²) < 4.78 is 17.8. The van der Waals surface area contributed by atoms with Gasteiger partial charge < -0.3 is 18.8 Å². The molecule has 0 saturated carbocycles. The van der Waals surface area contributed by atoms with Crippen molar-refractivity contribution in [2.75, 3.05) is 14.2 Å². The lowest BCUT2D eigenvalue weighted by molar-refractivity contribution is -0.148. The van der Waals surface area contributed by atoms with Crippen LogP contribution in [0.1, 0.15) is 69.8 Å². The predicted octanol–water partition coefficient (Wildman–Crippen LogP) is 4.22. The third-order valence-electron chi connectivity index (χ3n) is 4.10. The molecular weight excluding hydrogens is 346 g/mol. The van der Waals surface area contributed by atoms with Gasteiger partial charge in [0.1, 0.15) is 5.60 Å². The van der Waals surface area contributed by atoms with E-state index in [-0.39, 0.29) is 12.1 Å². The minimum atomic E-state index is -0.575. The molecule has 0 bridgehead atoms. The van der Waals surface area contributed by atoms with E-state index in [1.165, 1.54) is 6.08 Å². The first-order valence-corrected chi connectivity index (χ1v) is 9.38. The number of Topliss-reactive ketones (excluding diaryl/α,β-unsaturated/α-hetero) is 1. The minimum Gasteiger partial charge on any atom is -0.457 e. The zero-order chi connectivity index (χ0) is 20.6. The average molecular weight is 379 g/mol. The molecule has 6 heteroatoms. The Morgan fingerprint density at radius 2 is 1.78 bits per heavy atom. The molecule has 6 nitrogen and oxygen atoms in total. The third-order valence-corrected chi connectivity index (χ3v) is 4.10. The maximum absolute atomic E-state index is 12.3.